The number of hydrogen-bond acceptors (Lipinski definition) is 12. The Balaban J connectivity index is 2.10. The second kappa shape index (κ2) is 32.3. The molecule has 76 heavy (non-hydrogen) atoms. The van der Waals surface area contributed by atoms with Crippen molar-refractivity contribution >= 4 is 59.2 Å². The first-order valence-electron chi connectivity index (χ1n) is 25.3. The van der Waals surface area contributed by atoms with Gasteiger partial charge in [0.1, 0.15) is 53.8 Å². The van der Waals surface area contributed by atoms with Gasteiger partial charge in [0.2, 0.25) is 47.3 Å². The molecule has 3 rings (SSSR count). The molecule has 0 fully saturated rings. The zero-order valence-corrected chi connectivity index (χ0v) is 43.8. The van der Waals surface area contributed by atoms with E-state index in [0.29, 0.717) is 41.9 Å². The summed E-state index contributed by atoms with van der Waals surface area (Å²) in [5.41, 5.74) is 23.4. The third kappa shape index (κ3) is 22.2. The summed E-state index contributed by atoms with van der Waals surface area (Å²) in [5, 5.41) is 28.3. The predicted octanol–water partition coefficient (Wildman–Crippen LogP) is 0.522. The number of unbranched alkanes of at least 4 members (excludes halogenated alkanes) is 1. The van der Waals surface area contributed by atoms with Crippen LogP contribution in [0, 0.1) is 11.8 Å². The minimum Gasteiger partial charge on any atom is -0.480 e. The molecule has 16 N–H and O–H groups in total. The molecule has 3 aromatic carbocycles. The summed E-state index contributed by atoms with van der Waals surface area (Å²) < 4.78 is 6.06. The molecule has 0 spiro atoms. The minimum atomic E-state index is -1.64. The largest absolute Gasteiger partial charge is 0.480 e. The Morgan fingerprint density at radius 1 is 0.566 bits per heavy atom. The van der Waals surface area contributed by atoms with Crippen molar-refractivity contribution in [3.05, 3.63) is 96.1 Å². The zero-order chi connectivity index (χ0) is 56.3. The van der Waals surface area contributed by atoms with Crippen molar-refractivity contribution in [2.24, 2.45) is 39.8 Å². The van der Waals surface area contributed by atoms with Crippen LogP contribution in [0.25, 0.3) is 0 Å². The second-order valence-corrected chi connectivity index (χ2v) is 18.8. The average Bonchev–Trinajstić information content (AvgIpc) is 3.37. The van der Waals surface area contributed by atoms with Gasteiger partial charge in [0.15, 0.2) is 5.96 Å². The molecule has 23 nitrogen and oxygen atoms in total. The van der Waals surface area contributed by atoms with E-state index in [1.165, 1.54) is 6.92 Å². The van der Waals surface area contributed by atoms with Gasteiger partial charge in [-0.3, -0.25) is 43.3 Å². The van der Waals surface area contributed by atoms with E-state index >= 15 is 0 Å². The number of nitrogens with one attached hydrogen (secondary N) is 7. The van der Waals surface area contributed by atoms with Crippen LogP contribution < -0.4 is 64.9 Å². The molecule has 8 amide bonds. The molecule has 8 atom stereocenters. The van der Waals surface area contributed by atoms with Crippen LogP contribution in [-0.4, -0.2) is 120 Å². The van der Waals surface area contributed by atoms with E-state index in [1.807, 2.05) is 6.07 Å². The van der Waals surface area contributed by atoms with Crippen LogP contribution in [0.1, 0.15) is 90.7 Å². The second-order valence-electron chi connectivity index (χ2n) is 18.8. The molecule has 0 aliphatic rings. The van der Waals surface area contributed by atoms with Gasteiger partial charge in [-0.05, 0) is 85.9 Å². The van der Waals surface area contributed by atoms with E-state index in [0.717, 1.165) is 0 Å². The highest BCUT2D eigenvalue weighted by Crippen LogP contribution is 2.23. The number of rotatable bonds is 33. The lowest BCUT2D eigenvalue weighted by Crippen LogP contribution is -2.61. The van der Waals surface area contributed by atoms with Gasteiger partial charge < -0.3 is 70.0 Å². The highest BCUT2D eigenvalue weighted by Gasteiger charge is 2.36. The lowest BCUT2D eigenvalue weighted by Gasteiger charge is -2.28. The number of carboxylic acid groups (broad SMARTS) is 1. The van der Waals surface area contributed by atoms with E-state index in [-0.39, 0.29) is 57.1 Å². The summed E-state index contributed by atoms with van der Waals surface area (Å²) in [4.78, 5) is 126. The van der Waals surface area contributed by atoms with Crippen LogP contribution in [-0.2, 0) is 56.0 Å². The average molecular weight is 1060 g/mol. The predicted molar refractivity (Wildman–Crippen MR) is 285 cm³/mol. The number of nitrogens with zero attached hydrogens (tertiary/aromatic N) is 1. The molecule has 0 bridgehead atoms. The maximum atomic E-state index is 14.8. The molecule has 3 aromatic rings. The maximum Gasteiger partial charge on any atom is 0.326 e. The van der Waals surface area contributed by atoms with Crippen LogP contribution in [0.15, 0.2) is 89.9 Å². The number of carbonyl (C=O) groups is 9. The molecule has 0 aliphatic carbocycles. The fraction of sp³-hybridized carbons (Fsp3) is 0.472. The Hall–Kier alpha value is -8.08. The third-order valence-corrected chi connectivity index (χ3v) is 12.1. The van der Waals surface area contributed by atoms with Gasteiger partial charge in [-0.15, -0.1) is 0 Å². The van der Waals surface area contributed by atoms with Crippen LogP contribution in [0.5, 0.6) is 11.5 Å². The zero-order valence-electron chi connectivity index (χ0n) is 43.8. The SMILES string of the molecule is CC[C@H](C)[C@H](NC(=O)[C@H](CC(N)=O)NC(=O)[C@H](CCCCN)NC(=O)[C@H](Cc1cccc(Oc2ccccc2)c1)NC(=O)[C@H](Cc1ccccc1)NC(=O)[C@H](CCCN=C(N)N)NC(=O)[C@@H](NC(C)=O)C(C)C)C(=O)O. The molecule has 0 aromatic heterocycles. The number of hydrogen-bond donors (Lipinski definition) is 12. The number of carboxylic acids is 1. The Bertz CT molecular complexity index is 2440. The molecule has 0 saturated heterocycles. The number of nitrogens with two attached hydrogens (primary N) is 4. The summed E-state index contributed by atoms with van der Waals surface area (Å²) >= 11 is 0. The summed E-state index contributed by atoms with van der Waals surface area (Å²) in [7, 11) is 0. The molecule has 414 valence electrons. The molecule has 0 heterocycles. The molecule has 0 saturated carbocycles. The van der Waals surface area contributed by atoms with Crippen LogP contribution >= 0.6 is 0 Å². The maximum absolute atomic E-state index is 14.8. The van der Waals surface area contributed by atoms with E-state index < -0.39 is 108 Å². The fourth-order valence-corrected chi connectivity index (χ4v) is 7.85. The van der Waals surface area contributed by atoms with Crippen LogP contribution in [0.3, 0.4) is 0 Å². The molecule has 0 unspecified atom stereocenters. The lowest BCUT2D eigenvalue weighted by atomic mass is 9.98. The minimum absolute atomic E-state index is 0.00108. The smallest absolute Gasteiger partial charge is 0.326 e. The first kappa shape index (κ1) is 62.2. The van der Waals surface area contributed by atoms with Crippen molar-refractivity contribution in [3.8, 4) is 11.5 Å². The highest BCUT2D eigenvalue weighted by atomic mass is 16.5. The Morgan fingerprint density at radius 2 is 1.05 bits per heavy atom. The number of ether oxygens (including phenoxy) is 1. The van der Waals surface area contributed by atoms with E-state index in [1.54, 1.807) is 107 Å². The monoisotopic (exact) mass is 1060 g/mol. The van der Waals surface area contributed by atoms with Gasteiger partial charge in [-0.1, -0.05) is 94.8 Å². The van der Waals surface area contributed by atoms with Gasteiger partial charge in [-0.25, -0.2) is 4.79 Å². The number of aliphatic imine (C=N–C) groups is 1. The summed E-state index contributed by atoms with van der Waals surface area (Å²) in [6.45, 7) is 8.35. The topological polar surface area (TPSA) is 384 Å². The van der Waals surface area contributed by atoms with E-state index in [9.17, 15) is 48.3 Å². The van der Waals surface area contributed by atoms with Crippen molar-refractivity contribution in [3.63, 3.8) is 0 Å². The number of amides is 8. The number of guanidine groups is 1. The Labute approximate surface area is 443 Å². The number of aliphatic carboxylic acids is 1. The van der Waals surface area contributed by atoms with Crippen LogP contribution in [0.2, 0.25) is 0 Å². The number of carbonyl (C=O) groups excluding carboxylic acids is 8. The van der Waals surface area contributed by atoms with E-state index in [2.05, 4.69) is 42.2 Å². The molecule has 0 radical (unpaired) electrons. The number of para-hydroxylation sites is 1. The Morgan fingerprint density at radius 3 is 1.58 bits per heavy atom. The first-order valence-corrected chi connectivity index (χ1v) is 25.3. The Kier molecular flexibility index (Phi) is 26.4. The first-order chi connectivity index (χ1) is 36.1. The molecular weight excluding hydrogens is 981 g/mol. The van der Waals surface area contributed by atoms with Crippen molar-refractivity contribution in [2.75, 3.05) is 13.1 Å². The van der Waals surface area contributed by atoms with Gasteiger partial charge in [0.25, 0.3) is 0 Å². The fourth-order valence-electron chi connectivity index (χ4n) is 7.85. The van der Waals surface area contributed by atoms with Crippen LogP contribution in [0.4, 0.5) is 0 Å². The van der Waals surface area contributed by atoms with Gasteiger partial charge in [0, 0.05) is 26.3 Å². The van der Waals surface area contributed by atoms with Gasteiger partial charge in [-0.2, -0.15) is 0 Å². The molecule has 23 heteroatoms. The van der Waals surface area contributed by atoms with Crippen molar-refractivity contribution < 1.29 is 53.0 Å². The highest BCUT2D eigenvalue weighted by molar-refractivity contribution is 5.98. The normalized spacial score (nSPS) is 14.1. The lowest BCUT2D eigenvalue weighted by molar-refractivity contribution is -0.144. The third-order valence-electron chi connectivity index (χ3n) is 12.1. The number of benzene rings is 3. The standard InChI is InChI=1S/C53H76N12O11/c1-6-32(4)45(52(74)75)65-50(72)42(30-43(55)67)64-46(68)38(23-13-14-25-54)60-48(70)41(29-35-19-15-22-37(27-35)76-36-20-11-8-12-21-36)63-49(71)40(28-34-17-9-7-10-18-34)62-47(69)39(24-16-26-58-53(56)57)61-51(73)44(31(2)3)59-33(5)66/h7-12,15,17-22,27,31-32,38-42,44-45H,6,13-14,16,23-26,28-30,54H2,1-5H3,(H2,55,67)(H,59,66)(H,60,70)(H,61,73)(H,62,69)(H,63,71)(H,64,68)(H,65,72)(H,74,75)(H4,56,57,58)/t32-,38-,39-,40-,41-,42-,44-,45-/m0/s1. The van der Waals surface area contributed by atoms with Gasteiger partial charge >= 0.3 is 5.97 Å². The van der Waals surface area contributed by atoms with E-state index in [4.69, 9.17) is 27.7 Å². The van der Waals surface area contributed by atoms with Gasteiger partial charge in [0.05, 0.1) is 6.42 Å². The summed E-state index contributed by atoms with van der Waals surface area (Å²) in [6, 6.07) is 14.7. The van der Waals surface area contributed by atoms with Crippen molar-refractivity contribution in [1.82, 2.24) is 37.2 Å². The quantitative estimate of drug-likeness (QED) is 0.0225. The molecule has 0 aliphatic heterocycles. The summed E-state index contributed by atoms with van der Waals surface area (Å²) in [5.74, 6) is -8.04. The molecular formula is C53H76N12O11. The van der Waals surface area contributed by atoms with Crippen molar-refractivity contribution in [1.29, 1.82) is 0 Å². The van der Waals surface area contributed by atoms with Crippen molar-refractivity contribution in [2.45, 2.75) is 135 Å². The summed E-state index contributed by atoms with van der Waals surface area (Å²) in [6.07, 6.45) is 0.248. The number of primary amides is 1.